The van der Waals surface area contributed by atoms with E-state index in [9.17, 15) is 4.79 Å². The number of carbonyl (C=O) groups is 1. The summed E-state index contributed by atoms with van der Waals surface area (Å²) in [7, 11) is 0. The second-order valence-corrected chi connectivity index (χ2v) is 9.64. The Morgan fingerprint density at radius 2 is 1.65 bits per heavy atom. The first-order chi connectivity index (χ1) is 9.44. The molecule has 1 N–H and O–H groups in total. The number of hydrogen-bond acceptors (Lipinski definition) is 1. The minimum absolute atomic E-state index is 0.283. The van der Waals surface area contributed by atoms with E-state index in [4.69, 9.17) is 0 Å². The van der Waals surface area contributed by atoms with Gasteiger partial charge in [-0.05, 0) is 75.0 Å². The van der Waals surface area contributed by atoms with Crippen LogP contribution in [-0.2, 0) is 4.79 Å². The predicted molar refractivity (Wildman–Crippen MR) is 85.8 cm³/mol. The van der Waals surface area contributed by atoms with E-state index in [0.29, 0.717) is 16.1 Å². The van der Waals surface area contributed by atoms with Gasteiger partial charge in [0.1, 0.15) is 0 Å². The van der Waals surface area contributed by atoms with Crippen molar-refractivity contribution in [3.8, 4) is 0 Å². The molecule has 4 fully saturated rings. The lowest BCUT2D eigenvalue weighted by atomic mass is 9.49. The Morgan fingerprint density at radius 3 is 2.10 bits per heavy atom. The molecule has 1 amide bonds. The van der Waals surface area contributed by atoms with Crippen LogP contribution in [0.1, 0.15) is 65.2 Å². The summed E-state index contributed by atoms with van der Waals surface area (Å²) in [6, 6.07) is 0.283. The molecular weight excluding hydrogens is 314 g/mol. The quantitative estimate of drug-likeness (QED) is 0.743. The summed E-state index contributed by atoms with van der Waals surface area (Å²) in [5.41, 5.74) is 0.374. The number of amides is 1. The zero-order valence-electron chi connectivity index (χ0n) is 12.8. The molecule has 2 nitrogen and oxygen atoms in total. The fourth-order valence-electron chi connectivity index (χ4n) is 5.72. The van der Waals surface area contributed by atoms with Gasteiger partial charge in [0.05, 0.1) is 0 Å². The highest BCUT2D eigenvalue weighted by Crippen LogP contribution is 2.61. The first-order valence-corrected chi connectivity index (χ1v) is 9.29. The molecule has 114 valence electrons. The molecular formula is C17H28BrNO. The first kappa shape index (κ1) is 14.9. The molecule has 0 aromatic carbocycles. The number of rotatable bonds is 5. The van der Waals surface area contributed by atoms with Gasteiger partial charge in [-0.15, -0.1) is 0 Å². The molecule has 4 saturated carbocycles. The van der Waals surface area contributed by atoms with Crippen LogP contribution in [0.2, 0.25) is 0 Å². The maximum absolute atomic E-state index is 12.4. The van der Waals surface area contributed by atoms with E-state index in [1.165, 1.54) is 38.5 Å². The van der Waals surface area contributed by atoms with E-state index in [1.807, 2.05) is 0 Å². The number of nitrogens with one attached hydrogen (secondary N) is 1. The van der Waals surface area contributed by atoms with Gasteiger partial charge in [0, 0.05) is 17.3 Å². The standard InChI is InChI=1S/C17H28BrNO/c1-11(18)3-12(2)19-16(20)10-17-7-13-4-14(8-17)6-15(5-13)9-17/h11-15H,3-10H2,1-2H3,(H,19,20). The Morgan fingerprint density at radius 1 is 1.15 bits per heavy atom. The third-order valence-electron chi connectivity index (χ3n) is 5.79. The summed E-state index contributed by atoms with van der Waals surface area (Å²) in [5.74, 6) is 3.12. The number of halogens is 1. The summed E-state index contributed by atoms with van der Waals surface area (Å²) < 4.78 is 0. The molecule has 0 aromatic heterocycles. The molecule has 4 rings (SSSR count). The lowest BCUT2D eigenvalue weighted by molar-refractivity contribution is -0.130. The van der Waals surface area contributed by atoms with Gasteiger partial charge in [-0.3, -0.25) is 4.79 Å². The van der Waals surface area contributed by atoms with Gasteiger partial charge in [-0.25, -0.2) is 0 Å². The average molecular weight is 342 g/mol. The second-order valence-electron chi connectivity index (χ2n) is 8.08. The zero-order chi connectivity index (χ0) is 14.3. The van der Waals surface area contributed by atoms with Gasteiger partial charge in [0.25, 0.3) is 0 Å². The van der Waals surface area contributed by atoms with E-state index in [2.05, 4.69) is 35.1 Å². The molecule has 4 bridgehead atoms. The topological polar surface area (TPSA) is 29.1 Å². The van der Waals surface area contributed by atoms with Crippen molar-refractivity contribution in [3.05, 3.63) is 0 Å². The Balaban J connectivity index is 1.56. The van der Waals surface area contributed by atoms with E-state index >= 15 is 0 Å². The third-order valence-corrected chi connectivity index (χ3v) is 6.16. The van der Waals surface area contributed by atoms with Crippen molar-refractivity contribution in [3.63, 3.8) is 0 Å². The normalized spacial score (nSPS) is 41.5. The van der Waals surface area contributed by atoms with E-state index in [1.54, 1.807) is 0 Å². The van der Waals surface area contributed by atoms with Gasteiger partial charge < -0.3 is 5.32 Å². The van der Waals surface area contributed by atoms with Gasteiger partial charge >= 0.3 is 0 Å². The highest BCUT2D eigenvalue weighted by molar-refractivity contribution is 9.09. The number of alkyl halides is 1. The molecule has 0 radical (unpaired) electrons. The molecule has 0 aliphatic heterocycles. The highest BCUT2D eigenvalue weighted by Gasteiger charge is 2.51. The largest absolute Gasteiger partial charge is 0.354 e. The maximum atomic E-state index is 12.4. The highest BCUT2D eigenvalue weighted by atomic mass is 79.9. The monoisotopic (exact) mass is 341 g/mol. The Hall–Kier alpha value is -0.0500. The summed E-state index contributed by atoms with van der Waals surface area (Å²) >= 11 is 3.57. The van der Waals surface area contributed by atoms with Crippen molar-refractivity contribution < 1.29 is 4.79 Å². The smallest absolute Gasteiger partial charge is 0.220 e. The first-order valence-electron chi connectivity index (χ1n) is 8.37. The molecule has 0 heterocycles. The van der Waals surface area contributed by atoms with Gasteiger partial charge in [0.2, 0.25) is 5.91 Å². The van der Waals surface area contributed by atoms with Crippen LogP contribution in [-0.4, -0.2) is 16.8 Å². The SMILES string of the molecule is CC(Br)CC(C)NC(=O)CC12CC3CC(CC(C3)C1)C2. The second kappa shape index (κ2) is 5.62. The maximum Gasteiger partial charge on any atom is 0.220 e. The minimum atomic E-state index is 0.283. The van der Waals surface area contributed by atoms with Gasteiger partial charge in [-0.1, -0.05) is 22.9 Å². The Bertz CT molecular complexity index is 344. The van der Waals surface area contributed by atoms with Crippen LogP contribution in [0.4, 0.5) is 0 Å². The summed E-state index contributed by atoms with van der Waals surface area (Å²) in [6.07, 6.45) is 10.2. The number of hydrogen-bond donors (Lipinski definition) is 1. The van der Waals surface area contributed by atoms with Crippen LogP contribution in [0.15, 0.2) is 0 Å². The van der Waals surface area contributed by atoms with E-state index in [0.717, 1.165) is 30.6 Å². The zero-order valence-corrected chi connectivity index (χ0v) is 14.4. The van der Waals surface area contributed by atoms with Crippen LogP contribution < -0.4 is 5.32 Å². The summed E-state index contributed by atoms with van der Waals surface area (Å²) in [6.45, 7) is 4.26. The average Bonchev–Trinajstić information content (AvgIpc) is 2.23. The van der Waals surface area contributed by atoms with Crippen molar-refractivity contribution in [2.24, 2.45) is 23.2 Å². The summed E-state index contributed by atoms with van der Waals surface area (Å²) in [4.78, 5) is 12.9. The molecule has 4 aliphatic rings. The minimum Gasteiger partial charge on any atom is -0.354 e. The van der Waals surface area contributed by atoms with E-state index < -0.39 is 0 Å². The molecule has 4 aliphatic carbocycles. The Kier molecular flexibility index (Phi) is 4.18. The van der Waals surface area contributed by atoms with Crippen molar-refractivity contribution in [2.45, 2.75) is 76.1 Å². The fraction of sp³-hybridized carbons (Fsp3) is 0.941. The van der Waals surface area contributed by atoms with Gasteiger partial charge in [-0.2, -0.15) is 0 Å². The van der Waals surface area contributed by atoms with E-state index in [-0.39, 0.29) is 6.04 Å². The fourth-order valence-corrected chi connectivity index (χ4v) is 6.28. The van der Waals surface area contributed by atoms with Gasteiger partial charge in [0.15, 0.2) is 0 Å². The summed E-state index contributed by atoms with van der Waals surface area (Å²) in [5, 5.41) is 3.22. The van der Waals surface area contributed by atoms with Crippen LogP contribution >= 0.6 is 15.9 Å². The van der Waals surface area contributed by atoms with Crippen LogP contribution in [0.3, 0.4) is 0 Å². The van der Waals surface area contributed by atoms with Crippen molar-refractivity contribution in [1.82, 2.24) is 5.32 Å². The molecule has 0 spiro atoms. The molecule has 20 heavy (non-hydrogen) atoms. The third kappa shape index (κ3) is 3.23. The Labute approximate surface area is 131 Å². The van der Waals surface area contributed by atoms with Crippen LogP contribution in [0.25, 0.3) is 0 Å². The van der Waals surface area contributed by atoms with Crippen molar-refractivity contribution >= 4 is 21.8 Å². The molecule has 0 aromatic rings. The lowest BCUT2D eigenvalue weighted by Crippen LogP contribution is -2.48. The predicted octanol–water partition coefficient (Wildman–Crippen LogP) is 4.27. The van der Waals surface area contributed by atoms with Crippen molar-refractivity contribution in [1.29, 1.82) is 0 Å². The molecule has 3 heteroatoms. The lowest BCUT2D eigenvalue weighted by Gasteiger charge is -2.56. The van der Waals surface area contributed by atoms with Crippen LogP contribution in [0, 0.1) is 23.2 Å². The van der Waals surface area contributed by atoms with Crippen LogP contribution in [0.5, 0.6) is 0 Å². The molecule has 0 saturated heterocycles. The molecule has 2 atom stereocenters. The number of carbonyl (C=O) groups excluding carboxylic acids is 1. The molecule has 2 unspecified atom stereocenters. The van der Waals surface area contributed by atoms with Crippen molar-refractivity contribution in [2.75, 3.05) is 0 Å².